The van der Waals surface area contributed by atoms with Gasteiger partial charge in [-0.05, 0) is 52.0 Å². The van der Waals surface area contributed by atoms with Crippen LogP contribution in [-0.4, -0.2) is 43.3 Å². The van der Waals surface area contributed by atoms with Gasteiger partial charge in [0.1, 0.15) is 11.9 Å². The molecule has 2 heterocycles. The van der Waals surface area contributed by atoms with E-state index >= 15 is 0 Å². The minimum atomic E-state index is -0.776. The molecule has 164 valence electrons. The molecule has 5 heteroatoms. The van der Waals surface area contributed by atoms with Gasteiger partial charge in [-0.3, -0.25) is 4.79 Å². The van der Waals surface area contributed by atoms with Crippen molar-refractivity contribution in [3.63, 3.8) is 0 Å². The summed E-state index contributed by atoms with van der Waals surface area (Å²) < 4.78 is 17.3. The molecule has 0 amide bonds. The summed E-state index contributed by atoms with van der Waals surface area (Å²) in [7, 11) is 1.67. The van der Waals surface area contributed by atoms with Gasteiger partial charge < -0.3 is 14.2 Å². The zero-order valence-corrected chi connectivity index (χ0v) is 19.1. The fourth-order valence-corrected chi connectivity index (χ4v) is 4.37. The van der Waals surface area contributed by atoms with Crippen LogP contribution in [0.2, 0.25) is 0 Å². The van der Waals surface area contributed by atoms with Gasteiger partial charge in [0.25, 0.3) is 0 Å². The highest BCUT2D eigenvalue weighted by atomic mass is 16.6. The van der Waals surface area contributed by atoms with Gasteiger partial charge in [-0.1, -0.05) is 32.4 Å². The number of Topliss-reactive ketones (excluding diaryl/α,β-unsaturated/α-hetero) is 1. The van der Waals surface area contributed by atoms with Gasteiger partial charge in [-0.25, -0.2) is 4.79 Å². The van der Waals surface area contributed by atoms with Crippen LogP contribution in [0.25, 0.3) is 0 Å². The van der Waals surface area contributed by atoms with Crippen LogP contribution in [0.5, 0.6) is 0 Å². The van der Waals surface area contributed by atoms with Crippen LogP contribution in [0.15, 0.2) is 23.8 Å². The Kier molecular flexibility index (Phi) is 8.24. The van der Waals surface area contributed by atoms with Crippen molar-refractivity contribution in [3.8, 4) is 0 Å². The largest absolute Gasteiger partial charge is 0.455 e. The lowest BCUT2D eigenvalue weighted by atomic mass is 9.76. The number of ether oxygens (including phenoxy) is 3. The van der Waals surface area contributed by atoms with E-state index in [4.69, 9.17) is 14.2 Å². The maximum Gasteiger partial charge on any atom is 0.331 e. The number of carbonyl (C=O) groups is 2. The minimum Gasteiger partial charge on any atom is -0.455 e. The van der Waals surface area contributed by atoms with Gasteiger partial charge in [-0.2, -0.15) is 0 Å². The Morgan fingerprint density at radius 2 is 1.90 bits per heavy atom. The highest BCUT2D eigenvalue weighted by molar-refractivity contribution is 5.90. The number of esters is 1. The van der Waals surface area contributed by atoms with Gasteiger partial charge in [0.2, 0.25) is 0 Å². The first-order valence-corrected chi connectivity index (χ1v) is 10.9. The van der Waals surface area contributed by atoms with Crippen LogP contribution in [0.4, 0.5) is 0 Å². The molecule has 1 fully saturated rings. The molecule has 0 spiro atoms. The summed E-state index contributed by atoms with van der Waals surface area (Å²) in [6.45, 7) is 11.7. The van der Waals surface area contributed by atoms with Gasteiger partial charge in [-0.15, -0.1) is 0 Å². The Labute approximate surface area is 175 Å². The van der Waals surface area contributed by atoms with E-state index in [1.165, 1.54) is 6.08 Å². The Hall–Kier alpha value is -1.46. The first kappa shape index (κ1) is 23.8. The monoisotopic (exact) mass is 406 g/mol. The molecule has 29 heavy (non-hydrogen) atoms. The van der Waals surface area contributed by atoms with E-state index in [2.05, 4.69) is 6.92 Å². The van der Waals surface area contributed by atoms with Crippen molar-refractivity contribution in [2.75, 3.05) is 7.11 Å². The topological polar surface area (TPSA) is 65.1 Å². The van der Waals surface area contributed by atoms with E-state index < -0.39 is 11.4 Å². The van der Waals surface area contributed by atoms with Crippen molar-refractivity contribution >= 4 is 11.8 Å². The third-order valence-corrected chi connectivity index (χ3v) is 6.51. The molecule has 0 radical (unpaired) electrons. The van der Waals surface area contributed by atoms with Crippen LogP contribution in [-0.2, 0) is 23.8 Å². The number of hydrogen-bond donors (Lipinski definition) is 0. The summed E-state index contributed by atoms with van der Waals surface area (Å²) in [5.41, 5.74) is 0.240. The molecule has 6 atom stereocenters. The predicted octanol–water partition coefficient (Wildman–Crippen LogP) is 4.64. The van der Waals surface area contributed by atoms with E-state index in [9.17, 15) is 9.59 Å². The minimum absolute atomic E-state index is 0.0686. The standard InChI is InChI=1S/C24H38O5/c1-8-15(2)19-14-20-18(28-20)11-9-10-16(3)22(27-7)17(4)23(26)24(5,6)13-12-21(25)29-19/h8,12-13,16-20,22H,9-11,14H2,1-7H3/b13-12+,15-8+. The molecular weight excluding hydrogens is 368 g/mol. The molecule has 0 saturated carbocycles. The number of methoxy groups -OCH3 is 1. The first-order chi connectivity index (χ1) is 13.6. The van der Waals surface area contributed by atoms with Crippen LogP contribution >= 0.6 is 0 Å². The molecule has 2 aliphatic heterocycles. The maximum absolute atomic E-state index is 13.1. The maximum atomic E-state index is 13.1. The molecule has 0 aromatic heterocycles. The second-order valence-electron chi connectivity index (χ2n) is 9.22. The zero-order valence-electron chi connectivity index (χ0n) is 19.1. The lowest BCUT2D eigenvalue weighted by Gasteiger charge is -2.32. The number of epoxide rings is 1. The van der Waals surface area contributed by atoms with Crippen LogP contribution in [0, 0.1) is 17.3 Å². The summed E-state index contributed by atoms with van der Waals surface area (Å²) in [4.78, 5) is 25.6. The fraction of sp³-hybridized carbons (Fsp3) is 0.750. The fourth-order valence-electron chi connectivity index (χ4n) is 4.37. The lowest BCUT2D eigenvalue weighted by Crippen LogP contribution is -2.39. The van der Waals surface area contributed by atoms with Crippen LogP contribution in [0.1, 0.15) is 67.2 Å². The number of hydrogen-bond acceptors (Lipinski definition) is 5. The summed E-state index contributed by atoms with van der Waals surface area (Å²) in [6, 6.07) is 0. The number of ketones is 1. The number of cyclic esters (lactones) is 1. The summed E-state index contributed by atoms with van der Waals surface area (Å²) >= 11 is 0. The van der Waals surface area contributed by atoms with Crippen molar-refractivity contribution in [2.45, 2.75) is 91.6 Å². The number of carbonyl (C=O) groups excluding carboxylic acids is 2. The molecule has 2 rings (SSSR count). The average molecular weight is 407 g/mol. The molecule has 6 unspecified atom stereocenters. The van der Waals surface area contributed by atoms with Gasteiger partial charge >= 0.3 is 5.97 Å². The molecule has 1 saturated heterocycles. The van der Waals surface area contributed by atoms with Gasteiger partial charge in [0.15, 0.2) is 0 Å². The van der Waals surface area contributed by atoms with Gasteiger partial charge in [0, 0.05) is 30.9 Å². The summed E-state index contributed by atoms with van der Waals surface area (Å²) in [5.74, 6) is -0.349. The number of allylic oxidation sites excluding steroid dienone is 2. The van der Waals surface area contributed by atoms with E-state index in [1.807, 2.05) is 40.7 Å². The zero-order chi connectivity index (χ0) is 21.8. The van der Waals surface area contributed by atoms with Crippen molar-refractivity contribution in [3.05, 3.63) is 23.8 Å². The Morgan fingerprint density at radius 1 is 1.21 bits per heavy atom. The summed E-state index contributed by atoms with van der Waals surface area (Å²) in [5, 5.41) is 0. The molecule has 5 nitrogen and oxygen atoms in total. The Balaban J connectivity index is 2.25. The van der Waals surface area contributed by atoms with Crippen molar-refractivity contribution in [1.29, 1.82) is 0 Å². The smallest absolute Gasteiger partial charge is 0.331 e. The third kappa shape index (κ3) is 6.26. The Morgan fingerprint density at radius 3 is 2.52 bits per heavy atom. The molecule has 0 bridgehead atoms. The SMILES string of the molecule is C/C=C(\C)C1CC2OC2CCCC(C)C(OC)C(C)C(=O)C(C)(C)/C=C/C(=O)O1. The normalized spacial score (nSPS) is 38.1. The molecule has 0 aromatic carbocycles. The highest BCUT2D eigenvalue weighted by Crippen LogP contribution is 2.35. The second kappa shape index (κ2) is 10.0. The lowest BCUT2D eigenvalue weighted by molar-refractivity contribution is -0.141. The molecule has 2 aliphatic rings. The average Bonchev–Trinajstić information content (AvgIpc) is 3.42. The van der Waals surface area contributed by atoms with Crippen molar-refractivity contribution in [1.82, 2.24) is 0 Å². The van der Waals surface area contributed by atoms with E-state index in [-0.39, 0.29) is 42.0 Å². The second-order valence-corrected chi connectivity index (χ2v) is 9.22. The van der Waals surface area contributed by atoms with Gasteiger partial charge in [0.05, 0.1) is 18.3 Å². The van der Waals surface area contributed by atoms with E-state index in [0.717, 1.165) is 24.8 Å². The first-order valence-electron chi connectivity index (χ1n) is 10.9. The van der Waals surface area contributed by atoms with E-state index in [1.54, 1.807) is 13.2 Å². The van der Waals surface area contributed by atoms with Crippen LogP contribution in [0.3, 0.4) is 0 Å². The van der Waals surface area contributed by atoms with E-state index in [0.29, 0.717) is 6.42 Å². The quantitative estimate of drug-likeness (QED) is 0.380. The highest BCUT2D eigenvalue weighted by Gasteiger charge is 2.41. The molecular formula is C24H38O5. The Bertz CT molecular complexity index is 648. The number of fused-ring (bicyclic) bond motifs is 1. The summed E-state index contributed by atoms with van der Waals surface area (Å²) in [6.07, 6.45) is 8.63. The van der Waals surface area contributed by atoms with Crippen molar-refractivity contribution < 1.29 is 23.8 Å². The molecule has 0 aliphatic carbocycles. The molecule has 0 aromatic rings. The predicted molar refractivity (Wildman–Crippen MR) is 113 cm³/mol. The van der Waals surface area contributed by atoms with Crippen LogP contribution < -0.4 is 0 Å². The number of rotatable bonds is 2. The van der Waals surface area contributed by atoms with Crippen molar-refractivity contribution in [2.24, 2.45) is 17.3 Å². The molecule has 0 N–H and O–H groups in total. The third-order valence-electron chi connectivity index (χ3n) is 6.51.